The second kappa shape index (κ2) is 8.39. The summed E-state index contributed by atoms with van der Waals surface area (Å²) in [6.07, 6.45) is 4.86. The first-order valence-corrected chi connectivity index (χ1v) is 8.61. The van der Waals surface area contributed by atoms with Gasteiger partial charge in [-0.15, -0.1) is 0 Å². The first-order valence-electron chi connectivity index (χ1n) is 7.83. The van der Waals surface area contributed by atoms with Crippen molar-refractivity contribution in [3.05, 3.63) is 60.7 Å². The van der Waals surface area contributed by atoms with E-state index in [1.807, 2.05) is 40.7 Å². The van der Waals surface area contributed by atoms with Crippen molar-refractivity contribution in [3.63, 3.8) is 0 Å². The largest absolute Gasteiger partial charge is 0.497 e. The van der Waals surface area contributed by atoms with E-state index in [2.05, 4.69) is 15.0 Å². The molecule has 0 radical (unpaired) electrons. The van der Waals surface area contributed by atoms with Crippen molar-refractivity contribution in [1.29, 1.82) is 0 Å². The predicted octanol–water partition coefficient (Wildman–Crippen LogP) is 3.18. The zero-order valence-corrected chi connectivity index (χ0v) is 15.3. The number of nitrogen functional groups attached to an aromatic ring is 1. The summed E-state index contributed by atoms with van der Waals surface area (Å²) >= 11 is 1.46. The quantitative estimate of drug-likeness (QED) is 0.636. The van der Waals surface area contributed by atoms with Crippen molar-refractivity contribution in [3.8, 4) is 11.5 Å². The summed E-state index contributed by atoms with van der Waals surface area (Å²) in [5.41, 5.74) is 7.34. The third-order valence-corrected chi connectivity index (χ3v) is 4.56. The Morgan fingerprint density at radius 3 is 2.62 bits per heavy atom. The van der Waals surface area contributed by atoms with Gasteiger partial charge in [0.05, 0.1) is 32.6 Å². The molecule has 134 valence electrons. The highest BCUT2D eigenvalue weighted by molar-refractivity contribution is 8.00. The molecule has 2 N–H and O–H groups in total. The number of nitrogens with two attached hydrogens (primary N) is 1. The number of benzene rings is 1. The van der Waals surface area contributed by atoms with Crippen molar-refractivity contribution in [2.24, 2.45) is 0 Å². The summed E-state index contributed by atoms with van der Waals surface area (Å²) in [6.45, 7) is 0.556. The van der Waals surface area contributed by atoms with Crippen LogP contribution < -0.4 is 19.5 Å². The van der Waals surface area contributed by atoms with Crippen LogP contribution in [0.4, 0.5) is 11.5 Å². The smallest absolute Gasteiger partial charge is 0.142 e. The molecule has 0 fully saturated rings. The van der Waals surface area contributed by atoms with Crippen molar-refractivity contribution >= 4 is 23.5 Å². The predicted molar refractivity (Wildman–Crippen MR) is 102 cm³/mol. The molecular weight excluding hydrogens is 350 g/mol. The topological polar surface area (TPSA) is 86.4 Å². The fourth-order valence-electron chi connectivity index (χ4n) is 2.29. The molecule has 2 heterocycles. The number of ether oxygens (including phenoxy) is 2. The molecule has 0 unspecified atom stereocenters. The molecule has 0 atom stereocenters. The maximum Gasteiger partial charge on any atom is 0.142 e. The summed E-state index contributed by atoms with van der Waals surface area (Å²) < 4.78 is 12.8. The lowest BCUT2D eigenvalue weighted by Crippen LogP contribution is -2.16. The second-order valence-corrected chi connectivity index (χ2v) is 6.34. The fourth-order valence-corrected chi connectivity index (χ4v) is 3.15. The van der Waals surface area contributed by atoms with Gasteiger partial charge in [-0.3, -0.25) is 4.31 Å². The van der Waals surface area contributed by atoms with E-state index in [1.165, 1.54) is 18.3 Å². The van der Waals surface area contributed by atoms with Crippen molar-refractivity contribution in [2.75, 3.05) is 24.3 Å². The highest BCUT2D eigenvalue weighted by Gasteiger charge is 2.15. The lowest BCUT2D eigenvalue weighted by molar-refractivity contribution is 0.391. The van der Waals surface area contributed by atoms with Crippen LogP contribution in [0.25, 0.3) is 0 Å². The Morgan fingerprint density at radius 1 is 1.08 bits per heavy atom. The van der Waals surface area contributed by atoms with E-state index in [1.54, 1.807) is 26.6 Å². The van der Waals surface area contributed by atoms with E-state index < -0.39 is 0 Å². The van der Waals surface area contributed by atoms with Gasteiger partial charge in [-0.05, 0) is 30.3 Å². The first kappa shape index (κ1) is 17.8. The molecule has 0 saturated heterocycles. The van der Waals surface area contributed by atoms with Gasteiger partial charge < -0.3 is 15.2 Å². The van der Waals surface area contributed by atoms with Crippen LogP contribution in [0.1, 0.15) is 5.56 Å². The Kier molecular flexibility index (Phi) is 5.75. The zero-order chi connectivity index (χ0) is 18.4. The molecule has 0 aliphatic heterocycles. The maximum atomic E-state index is 5.72. The van der Waals surface area contributed by atoms with Gasteiger partial charge in [-0.1, -0.05) is 0 Å². The molecule has 0 amide bonds. The Bertz CT molecular complexity index is 846. The van der Waals surface area contributed by atoms with Crippen LogP contribution in [0.5, 0.6) is 11.5 Å². The fraction of sp³-hybridized carbons (Fsp3) is 0.167. The minimum absolute atomic E-state index is 0.556. The van der Waals surface area contributed by atoms with Crippen molar-refractivity contribution in [1.82, 2.24) is 15.0 Å². The van der Waals surface area contributed by atoms with Crippen LogP contribution in [0.15, 0.2) is 60.1 Å². The van der Waals surface area contributed by atoms with Gasteiger partial charge in [0.2, 0.25) is 0 Å². The third kappa shape index (κ3) is 4.34. The normalized spacial score (nSPS) is 10.4. The van der Waals surface area contributed by atoms with E-state index in [0.29, 0.717) is 12.2 Å². The summed E-state index contributed by atoms with van der Waals surface area (Å²) in [6, 6.07) is 11.3. The number of methoxy groups -OCH3 is 2. The SMILES string of the molecule is COc1ccc(CN(Sc2ccc(N)cn2)c2ccncn2)c(OC)c1. The van der Waals surface area contributed by atoms with Crippen LogP contribution in [0.3, 0.4) is 0 Å². The molecule has 0 saturated carbocycles. The molecule has 7 nitrogen and oxygen atoms in total. The molecule has 2 aromatic heterocycles. The molecular formula is C18H19N5O2S. The highest BCUT2D eigenvalue weighted by Crippen LogP contribution is 2.32. The highest BCUT2D eigenvalue weighted by atomic mass is 32.2. The Hall–Kier alpha value is -3.00. The Morgan fingerprint density at radius 2 is 1.96 bits per heavy atom. The van der Waals surface area contributed by atoms with Gasteiger partial charge in [-0.2, -0.15) is 0 Å². The molecule has 0 aliphatic carbocycles. The molecule has 0 spiro atoms. The minimum Gasteiger partial charge on any atom is -0.497 e. The number of anilines is 2. The summed E-state index contributed by atoms with van der Waals surface area (Å²) in [4.78, 5) is 12.7. The lowest BCUT2D eigenvalue weighted by atomic mass is 10.2. The number of nitrogens with zero attached hydrogens (tertiary/aromatic N) is 4. The third-order valence-electron chi connectivity index (χ3n) is 3.59. The first-order chi connectivity index (χ1) is 12.7. The van der Waals surface area contributed by atoms with Gasteiger partial charge in [0.1, 0.15) is 28.7 Å². The number of pyridine rings is 1. The molecule has 1 aromatic carbocycles. The van der Waals surface area contributed by atoms with E-state index >= 15 is 0 Å². The number of aromatic nitrogens is 3. The minimum atomic E-state index is 0.556. The van der Waals surface area contributed by atoms with Crippen LogP contribution in [-0.4, -0.2) is 29.2 Å². The average molecular weight is 369 g/mol. The Balaban J connectivity index is 1.90. The van der Waals surface area contributed by atoms with Crippen LogP contribution in [0, 0.1) is 0 Å². The van der Waals surface area contributed by atoms with Gasteiger partial charge in [-0.25, -0.2) is 15.0 Å². The van der Waals surface area contributed by atoms with Crippen molar-refractivity contribution < 1.29 is 9.47 Å². The van der Waals surface area contributed by atoms with Crippen molar-refractivity contribution in [2.45, 2.75) is 11.6 Å². The lowest BCUT2D eigenvalue weighted by Gasteiger charge is -2.23. The summed E-state index contributed by atoms with van der Waals surface area (Å²) in [5, 5.41) is 0.810. The van der Waals surface area contributed by atoms with E-state index in [-0.39, 0.29) is 0 Å². The van der Waals surface area contributed by atoms with E-state index in [9.17, 15) is 0 Å². The second-order valence-electron chi connectivity index (χ2n) is 5.30. The van der Waals surface area contributed by atoms with Crippen LogP contribution in [-0.2, 0) is 6.54 Å². The standard InChI is InChI=1S/C18H19N5O2S/c1-24-15-5-3-13(16(9-15)25-2)11-23(17-7-8-20-12-22-17)26-18-6-4-14(19)10-21-18/h3-10,12H,11,19H2,1-2H3. The molecule has 3 aromatic rings. The average Bonchev–Trinajstić information content (AvgIpc) is 2.70. The molecule has 8 heteroatoms. The van der Waals surface area contributed by atoms with E-state index in [4.69, 9.17) is 15.2 Å². The molecule has 3 rings (SSSR count). The van der Waals surface area contributed by atoms with Gasteiger partial charge in [0, 0.05) is 29.8 Å². The number of hydrogen-bond acceptors (Lipinski definition) is 8. The summed E-state index contributed by atoms with van der Waals surface area (Å²) in [5.74, 6) is 2.25. The van der Waals surface area contributed by atoms with Gasteiger partial charge in [0.25, 0.3) is 0 Å². The van der Waals surface area contributed by atoms with Crippen LogP contribution in [0.2, 0.25) is 0 Å². The van der Waals surface area contributed by atoms with Gasteiger partial charge >= 0.3 is 0 Å². The number of hydrogen-bond donors (Lipinski definition) is 1. The number of rotatable bonds is 7. The molecule has 0 aliphatic rings. The van der Waals surface area contributed by atoms with Crippen LogP contribution >= 0.6 is 11.9 Å². The zero-order valence-electron chi connectivity index (χ0n) is 14.5. The molecule has 26 heavy (non-hydrogen) atoms. The summed E-state index contributed by atoms with van der Waals surface area (Å²) in [7, 11) is 3.27. The van der Waals surface area contributed by atoms with E-state index in [0.717, 1.165) is 27.9 Å². The van der Waals surface area contributed by atoms with Gasteiger partial charge in [0.15, 0.2) is 0 Å². The monoisotopic (exact) mass is 369 g/mol. The maximum absolute atomic E-state index is 5.72. The Labute approximate surface area is 156 Å². The molecule has 0 bridgehead atoms.